The molecule has 0 bridgehead atoms. The molecule has 2 N–H and O–H groups in total. The lowest BCUT2D eigenvalue weighted by molar-refractivity contribution is -0.137. The van der Waals surface area contributed by atoms with Gasteiger partial charge in [-0.2, -0.15) is 13.2 Å². The first kappa shape index (κ1) is 11.8. The predicted octanol–water partition coefficient (Wildman–Crippen LogP) is 2.23. The van der Waals surface area contributed by atoms with Gasteiger partial charge in [-0.15, -0.1) is 0 Å². The van der Waals surface area contributed by atoms with Crippen molar-refractivity contribution in [2.24, 2.45) is 0 Å². The Bertz CT molecular complexity index is 458. The second-order valence-electron chi connectivity index (χ2n) is 4.22. The van der Waals surface area contributed by atoms with Gasteiger partial charge in [0.15, 0.2) is 0 Å². The van der Waals surface area contributed by atoms with Gasteiger partial charge in [0, 0.05) is 6.54 Å². The summed E-state index contributed by atoms with van der Waals surface area (Å²) in [4.78, 5) is 11.1. The molecule has 2 rings (SSSR count). The summed E-state index contributed by atoms with van der Waals surface area (Å²) in [5.74, 6) is 0. The molecule has 1 fully saturated rings. The number of halogens is 3. The maximum absolute atomic E-state index is 12.6. The van der Waals surface area contributed by atoms with E-state index < -0.39 is 17.3 Å². The number of urea groups is 1. The number of nitrogens with one attached hydrogen (secondary N) is 2. The number of amides is 2. The molecule has 1 aromatic rings. The molecule has 17 heavy (non-hydrogen) atoms. The van der Waals surface area contributed by atoms with Gasteiger partial charge in [-0.3, -0.25) is 0 Å². The van der Waals surface area contributed by atoms with Crippen LogP contribution in [0.15, 0.2) is 24.3 Å². The maximum atomic E-state index is 12.6. The van der Waals surface area contributed by atoms with E-state index in [9.17, 15) is 18.0 Å². The summed E-state index contributed by atoms with van der Waals surface area (Å²) < 4.78 is 37.7. The highest BCUT2D eigenvalue weighted by atomic mass is 19.4. The van der Waals surface area contributed by atoms with Crippen molar-refractivity contribution in [1.82, 2.24) is 10.6 Å². The van der Waals surface area contributed by atoms with Gasteiger partial charge in [-0.1, -0.05) is 12.1 Å². The van der Waals surface area contributed by atoms with Gasteiger partial charge in [0.1, 0.15) is 0 Å². The van der Waals surface area contributed by atoms with Crippen LogP contribution in [0.4, 0.5) is 18.0 Å². The van der Waals surface area contributed by atoms with Crippen molar-refractivity contribution >= 4 is 6.03 Å². The molecule has 0 aliphatic carbocycles. The zero-order valence-electron chi connectivity index (χ0n) is 9.06. The number of alkyl halides is 3. The van der Waals surface area contributed by atoms with Crippen LogP contribution >= 0.6 is 0 Å². The second-order valence-corrected chi connectivity index (χ2v) is 4.22. The quantitative estimate of drug-likeness (QED) is 0.781. The van der Waals surface area contributed by atoms with Crippen LogP contribution in [0.3, 0.4) is 0 Å². The van der Waals surface area contributed by atoms with Crippen LogP contribution in [0.2, 0.25) is 0 Å². The van der Waals surface area contributed by atoms with Crippen molar-refractivity contribution < 1.29 is 18.0 Å². The number of hydrogen-bond donors (Lipinski definition) is 2. The van der Waals surface area contributed by atoms with E-state index in [0.717, 1.165) is 12.1 Å². The van der Waals surface area contributed by atoms with E-state index in [4.69, 9.17) is 0 Å². The second kappa shape index (κ2) is 3.65. The first-order valence-corrected chi connectivity index (χ1v) is 5.05. The largest absolute Gasteiger partial charge is 0.416 e. The van der Waals surface area contributed by atoms with E-state index in [1.54, 1.807) is 13.0 Å². The number of benzene rings is 1. The van der Waals surface area contributed by atoms with Gasteiger partial charge in [0.2, 0.25) is 0 Å². The Kier molecular flexibility index (Phi) is 2.52. The average molecular weight is 244 g/mol. The predicted molar refractivity (Wildman–Crippen MR) is 55.3 cm³/mol. The van der Waals surface area contributed by atoms with Crippen LogP contribution in [0, 0.1) is 0 Å². The molecule has 1 heterocycles. The van der Waals surface area contributed by atoms with Crippen LogP contribution in [-0.2, 0) is 11.7 Å². The maximum Gasteiger partial charge on any atom is 0.416 e. The highest BCUT2D eigenvalue weighted by Gasteiger charge is 2.37. The first-order valence-electron chi connectivity index (χ1n) is 5.05. The van der Waals surface area contributed by atoms with Gasteiger partial charge < -0.3 is 10.6 Å². The van der Waals surface area contributed by atoms with E-state index in [1.165, 1.54) is 6.07 Å². The molecular formula is C11H11F3N2O. The first-order chi connectivity index (χ1) is 7.81. The molecule has 6 heteroatoms. The van der Waals surface area contributed by atoms with Crippen molar-refractivity contribution in [2.75, 3.05) is 6.54 Å². The van der Waals surface area contributed by atoms with Gasteiger partial charge in [-0.25, -0.2) is 4.79 Å². The lowest BCUT2D eigenvalue weighted by Crippen LogP contribution is -2.37. The monoisotopic (exact) mass is 244 g/mol. The number of rotatable bonds is 1. The molecule has 1 aromatic carbocycles. The summed E-state index contributed by atoms with van der Waals surface area (Å²) in [7, 11) is 0. The summed E-state index contributed by atoms with van der Waals surface area (Å²) in [6.07, 6.45) is -4.37. The highest BCUT2D eigenvalue weighted by Crippen LogP contribution is 2.32. The molecule has 1 saturated heterocycles. The van der Waals surface area contributed by atoms with E-state index >= 15 is 0 Å². The van der Waals surface area contributed by atoms with Gasteiger partial charge in [0.25, 0.3) is 0 Å². The average Bonchev–Trinajstić information content (AvgIpc) is 2.59. The Labute approximate surface area is 96.0 Å². The van der Waals surface area contributed by atoms with E-state index in [0.29, 0.717) is 5.56 Å². The molecule has 0 aromatic heterocycles. The number of carbonyl (C=O) groups is 1. The fourth-order valence-electron chi connectivity index (χ4n) is 1.81. The normalized spacial score (nSPS) is 24.4. The molecule has 0 radical (unpaired) electrons. The van der Waals surface area contributed by atoms with Crippen LogP contribution in [0.5, 0.6) is 0 Å². The van der Waals surface area contributed by atoms with Crippen LogP contribution < -0.4 is 10.6 Å². The molecule has 1 aliphatic heterocycles. The summed E-state index contributed by atoms with van der Waals surface area (Å²) in [5.41, 5.74) is -1.07. The van der Waals surface area contributed by atoms with Crippen molar-refractivity contribution in [2.45, 2.75) is 18.6 Å². The third-order valence-electron chi connectivity index (χ3n) is 2.82. The van der Waals surface area contributed by atoms with Gasteiger partial charge >= 0.3 is 12.2 Å². The Morgan fingerprint density at radius 2 is 2.06 bits per heavy atom. The summed E-state index contributed by atoms with van der Waals surface area (Å²) >= 11 is 0. The Morgan fingerprint density at radius 3 is 2.59 bits per heavy atom. The van der Waals surface area contributed by atoms with Gasteiger partial charge in [-0.05, 0) is 24.6 Å². The van der Waals surface area contributed by atoms with Crippen LogP contribution in [0.1, 0.15) is 18.1 Å². The highest BCUT2D eigenvalue weighted by molar-refractivity contribution is 5.78. The molecule has 1 atom stereocenters. The lowest BCUT2D eigenvalue weighted by atomic mass is 9.92. The summed E-state index contributed by atoms with van der Waals surface area (Å²) in [5, 5.41) is 5.14. The smallest absolute Gasteiger partial charge is 0.335 e. The van der Waals surface area contributed by atoms with E-state index in [-0.39, 0.29) is 12.6 Å². The fraction of sp³-hybridized carbons (Fsp3) is 0.364. The minimum Gasteiger partial charge on any atom is -0.335 e. The van der Waals surface area contributed by atoms with Crippen LogP contribution in [0.25, 0.3) is 0 Å². The lowest BCUT2D eigenvalue weighted by Gasteiger charge is -2.24. The standard InChI is InChI=1S/C11H11F3N2O/c1-10(6-15-9(17)16-10)7-3-2-4-8(5-7)11(12,13)14/h2-5H,6H2,1H3,(H2,15,16,17). The SMILES string of the molecule is CC1(c2cccc(C(F)(F)F)c2)CNC(=O)N1. The van der Waals surface area contributed by atoms with E-state index in [1.807, 2.05) is 0 Å². The Hall–Kier alpha value is -1.72. The van der Waals surface area contributed by atoms with Crippen molar-refractivity contribution in [3.8, 4) is 0 Å². The third-order valence-corrected chi connectivity index (χ3v) is 2.82. The third kappa shape index (κ3) is 2.20. The molecule has 0 saturated carbocycles. The molecule has 1 unspecified atom stereocenters. The minimum absolute atomic E-state index is 0.271. The fourth-order valence-corrected chi connectivity index (χ4v) is 1.81. The molecule has 2 amide bonds. The zero-order chi connectivity index (χ0) is 12.7. The van der Waals surface area contributed by atoms with Crippen LogP contribution in [-0.4, -0.2) is 12.6 Å². The molecular weight excluding hydrogens is 233 g/mol. The minimum atomic E-state index is -4.37. The number of carbonyl (C=O) groups excluding carboxylic acids is 1. The summed E-state index contributed by atoms with van der Waals surface area (Å²) in [6, 6.07) is 4.62. The van der Waals surface area contributed by atoms with Crippen molar-refractivity contribution in [1.29, 1.82) is 0 Å². The Morgan fingerprint density at radius 1 is 1.35 bits per heavy atom. The van der Waals surface area contributed by atoms with Crippen molar-refractivity contribution in [3.63, 3.8) is 0 Å². The van der Waals surface area contributed by atoms with E-state index in [2.05, 4.69) is 10.6 Å². The molecule has 3 nitrogen and oxygen atoms in total. The molecule has 92 valence electrons. The zero-order valence-corrected chi connectivity index (χ0v) is 9.06. The number of hydrogen-bond acceptors (Lipinski definition) is 1. The topological polar surface area (TPSA) is 41.1 Å². The van der Waals surface area contributed by atoms with Gasteiger partial charge in [0.05, 0.1) is 11.1 Å². The Balaban J connectivity index is 2.37. The van der Waals surface area contributed by atoms with Crippen molar-refractivity contribution in [3.05, 3.63) is 35.4 Å². The summed E-state index contributed by atoms with van der Waals surface area (Å²) in [6.45, 7) is 1.95. The molecule has 0 spiro atoms. The molecule has 1 aliphatic rings.